The molecule has 98 valence electrons. The number of nitrogens with one attached hydrogen (secondary N) is 1. The monoisotopic (exact) mass is 273 g/mol. The van der Waals surface area contributed by atoms with Crippen molar-refractivity contribution in [3.05, 3.63) is 53.1 Å². The second kappa shape index (κ2) is 5.24. The van der Waals surface area contributed by atoms with E-state index in [1.165, 1.54) is 16.7 Å². The molecule has 0 spiro atoms. The first-order valence-corrected chi connectivity index (χ1v) is 6.85. The number of hydrogen-bond acceptors (Lipinski definition) is 2. The first kappa shape index (κ1) is 12.5. The van der Waals surface area contributed by atoms with Crippen molar-refractivity contribution in [1.82, 2.24) is 5.32 Å². The minimum atomic E-state index is 0.381. The standard InChI is InChI=1S/C16H16ClNO/c1-11-10-19-16-7-4-13(8-14(16)9-18-11)12-2-5-15(17)6-3-12/h2-8,11,18H,9-10H2,1H3/t11-/m0/s1. The van der Waals surface area contributed by atoms with Crippen LogP contribution in [0.2, 0.25) is 5.02 Å². The smallest absolute Gasteiger partial charge is 0.123 e. The van der Waals surface area contributed by atoms with Crippen LogP contribution in [0.25, 0.3) is 11.1 Å². The Morgan fingerprint density at radius 3 is 2.63 bits per heavy atom. The maximum atomic E-state index is 5.92. The Balaban J connectivity index is 1.95. The molecule has 0 bridgehead atoms. The predicted molar refractivity (Wildman–Crippen MR) is 78.7 cm³/mol. The van der Waals surface area contributed by atoms with E-state index in [4.69, 9.17) is 16.3 Å². The molecule has 1 atom stereocenters. The lowest BCUT2D eigenvalue weighted by Gasteiger charge is -2.09. The Labute approximate surface area is 118 Å². The molecular weight excluding hydrogens is 258 g/mol. The molecule has 0 saturated heterocycles. The summed E-state index contributed by atoms with van der Waals surface area (Å²) in [5.74, 6) is 0.981. The van der Waals surface area contributed by atoms with Crippen LogP contribution in [0.4, 0.5) is 0 Å². The molecular formula is C16H16ClNO. The zero-order valence-electron chi connectivity index (χ0n) is 10.8. The van der Waals surface area contributed by atoms with Crippen molar-refractivity contribution in [2.75, 3.05) is 6.61 Å². The van der Waals surface area contributed by atoms with Gasteiger partial charge in [-0.3, -0.25) is 0 Å². The summed E-state index contributed by atoms with van der Waals surface area (Å²) in [4.78, 5) is 0. The van der Waals surface area contributed by atoms with Gasteiger partial charge in [0.25, 0.3) is 0 Å². The van der Waals surface area contributed by atoms with Crippen molar-refractivity contribution in [2.24, 2.45) is 0 Å². The largest absolute Gasteiger partial charge is 0.492 e. The molecule has 0 radical (unpaired) electrons. The summed E-state index contributed by atoms with van der Waals surface area (Å²) in [6.07, 6.45) is 0. The molecule has 0 fully saturated rings. The lowest BCUT2D eigenvalue weighted by molar-refractivity contribution is 0.287. The van der Waals surface area contributed by atoms with Crippen LogP contribution in [-0.2, 0) is 6.54 Å². The number of rotatable bonds is 1. The molecule has 1 N–H and O–H groups in total. The lowest BCUT2D eigenvalue weighted by atomic mass is 10.0. The topological polar surface area (TPSA) is 21.3 Å². The van der Waals surface area contributed by atoms with Crippen LogP contribution >= 0.6 is 11.6 Å². The van der Waals surface area contributed by atoms with Crippen molar-refractivity contribution < 1.29 is 4.74 Å². The van der Waals surface area contributed by atoms with Gasteiger partial charge in [0.05, 0.1) is 0 Å². The van der Waals surface area contributed by atoms with Crippen LogP contribution in [0.15, 0.2) is 42.5 Å². The van der Waals surface area contributed by atoms with Gasteiger partial charge in [0.15, 0.2) is 0 Å². The second-order valence-corrected chi connectivity index (χ2v) is 5.36. The van der Waals surface area contributed by atoms with Crippen LogP contribution < -0.4 is 10.1 Å². The molecule has 0 saturated carbocycles. The lowest BCUT2D eigenvalue weighted by Crippen LogP contribution is -2.28. The van der Waals surface area contributed by atoms with Gasteiger partial charge < -0.3 is 10.1 Å². The van der Waals surface area contributed by atoms with Gasteiger partial charge >= 0.3 is 0 Å². The summed E-state index contributed by atoms with van der Waals surface area (Å²) in [5.41, 5.74) is 3.57. The third kappa shape index (κ3) is 2.75. The van der Waals surface area contributed by atoms with Crippen molar-refractivity contribution in [2.45, 2.75) is 19.5 Å². The van der Waals surface area contributed by atoms with E-state index in [2.05, 4.69) is 30.4 Å². The normalized spacial score (nSPS) is 18.3. The first-order chi connectivity index (χ1) is 9.22. The maximum Gasteiger partial charge on any atom is 0.123 e. The van der Waals surface area contributed by atoms with Gasteiger partial charge in [-0.2, -0.15) is 0 Å². The minimum absolute atomic E-state index is 0.381. The van der Waals surface area contributed by atoms with Gasteiger partial charge in [-0.25, -0.2) is 0 Å². The highest BCUT2D eigenvalue weighted by Crippen LogP contribution is 2.28. The van der Waals surface area contributed by atoms with Gasteiger partial charge in [0.1, 0.15) is 12.4 Å². The third-order valence-corrected chi connectivity index (χ3v) is 3.62. The molecule has 0 aromatic heterocycles. The Morgan fingerprint density at radius 1 is 1.11 bits per heavy atom. The second-order valence-electron chi connectivity index (χ2n) is 4.92. The molecule has 0 aliphatic carbocycles. The van der Waals surface area contributed by atoms with Crippen molar-refractivity contribution in [3.8, 4) is 16.9 Å². The third-order valence-electron chi connectivity index (χ3n) is 3.37. The zero-order valence-corrected chi connectivity index (χ0v) is 11.6. The number of benzene rings is 2. The van der Waals surface area contributed by atoms with E-state index in [0.717, 1.165) is 17.3 Å². The van der Waals surface area contributed by atoms with Crippen LogP contribution in [0, 0.1) is 0 Å². The Bertz CT molecular complexity index is 580. The maximum absolute atomic E-state index is 5.92. The Kier molecular flexibility index (Phi) is 3.45. The number of ether oxygens (including phenoxy) is 1. The fourth-order valence-electron chi connectivity index (χ4n) is 2.24. The number of fused-ring (bicyclic) bond motifs is 1. The Hall–Kier alpha value is -1.51. The summed E-state index contributed by atoms with van der Waals surface area (Å²) in [5, 5.41) is 4.20. The molecule has 3 heteroatoms. The van der Waals surface area contributed by atoms with Gasteiger partial charge in [-0.1, -0.05) is 29.8 Å². The van der Waals surface area contributed by atoms with Crippen molar-refractivity contribution >= 4 is 11.6 Å². The van der Waals surface area contributed by atoms with E-state index in [1.807, 2.05) is 24.3 Å². The van der Waals surface area contributed by atoms with E-state index in [-0.39, 0.29) is 0 Å². The number of hydrogen-bond donors (Lipinski definition) is 1. The average molecular weight is 274 g/mol. The van der Waals surface area contributed by atoms with E-state index in [9.17, 15) is 0 Å². The van der Waals surface area contributed by atoms with Crippen molar-refractivity contribution in [1.29, 1.82) is 0 Å². The predicted octanol–water partition coefficient (Wildman–Crippen LogP) is 3.88. The van der Waals surface area contributed by atoms with Gasteiger partial charge in [-0.05, 0) is 42.3 Å². The van der Waals surface area contributed by atoms with E-state index >= 15 is 0 Å². The zero-order chi connectivity index (χ0) is 13.2. The average Bonchev–Trinajstić information content (AvgIpc) is 2.62. The van der Waals surface area contributed by atoms with E-state index in [1.54, 1.807) is 0 Å². The quantitative estimate of drug-likeness (QED) is 0.851. The van der Waals surface area contributed by atoms with E-state index < -0.39 is 0 Å². The number of halogens is 1. The highest BCUT2D eigenvalue weighted by Gasteiger charge is 2.13. The van der Waals surface area contributed by atoms with Gasteiger partial charge in [0, 0.05) is 23.2 Å². The highest BCUT2D eigenvalue weighted by molar-refractivity contribution is 6.30. The molecule has 19 heavy (non-hydrogen) atoms. The minimum Gasteiger partial charge on any atom is -0.492 e. The summed E-state index contributed by atoms with van der Waals surface area (Å²) in [6.45, 7) is 3.69. The molecule has 2 aromatic rings. The Morgan fingerprint density at radius 2 is 1.84 bits per heavy atom. The molecule has 3 rings (SSSR count). The van der Waals surface area contributed by atoms with Gasteiger partial charge in [-0.15, -0.1) is 0 Å². The molecule has 1 aliphatic rings. The van der Waals surface area contributed by atoms with Crippen molar-refractivity contribution in [3.63, 3.8) is 0 Å². The molecule has 2 aromatic carbocycles. The molecule has 0 unspecified atom stereocenters. The van der Waals surface area contributed by atoms with Gasteiger partial charge in [0.2, 0.25) is 0 Å². The van der Waals surface area contributed by atoms with Crippen LogP contribution in [0.3, 0.4) is 0 Å². The van der Waals surface area contributed by atoms with E-state index in [0.29, 0.717) is 12.6 Å². The summed E-state index contributed by atoms with van der Waals surface area (Å²) < 4.78 is 5.79. The molecule has 2 nitrogen and oxygen atoms in total. The fraction of sp³-hybridized carbons (Fsp3) is 0.250. The fourth-order valence-corrected chi connectivity index (χ4v) is 2.36. The molecule has 0 amide bonds. The van der Waals surface area contributed by atoms with Crippen LogP contribution in [-0.4, -0.2) is 12.6 Å². The van der Waals surface area contributed by atoms with Crippen LogP contribution in [0.1, 0.15) is 12.5 Å². The SMILES string of the molecule is C[C@H]1COc2ccc(-c3ccc(Cl)cc3)cc2CN1. The summed E-state index contributed by atoms with van der Waals surface area (Å²) >= 11 is 5.92. The molecule has 1 heterocycles. The van der Waals surface area contributed by atoms with Crippen LogP contribution in [0.5, 0.6) is 5.75 Å². The highest BCUT2D eigenvalue weighted by atomic mass is 35.5. The summed E-state index contributed by atoms with van der Waals surface area (Å²) in [7, 11) is 0. The molecule has 1 aliphatic heterocycles. The summed E-state index contributed by atoms with van der Waals surface area (Å²) in [6, 6.07) is 14.6. The first-order valence-electron chi connectivity index (χ1n) is 6.47.